The summed E-state index contributed by atoms with van der Waals surface area (Å²) in [6, 6.07) is 1.79. The van der Waals surface area contributed by atoms with Crippen molar-refractivity contribution in [3.63, 3.8) is 0 Å². The van der Waals surface area contributed by atoms with Crippen LogP contribution in [0.2, 0.25) is 0 Å². The number of halogens is 2. The van der Waals surface area contributed by atoms with E-state index in [1.807, 2.05) is 0 Å². The smallest absolute Gasteiger partial charge is 0.315 e. The van der Waals surface area contributed by atoms with Gasteiger partial charge in [0.05, 0.1) is 19.1 Å². The van der Waals surface area contributed by atoms with Crippen LogP contribution in [0.25, 0.3) is 0 Å². The summed E-state index contributed by atoms with van der Waals surface area (Å²) < 4.78 is 28.7. The first kappa shape index (κ1) is 12.8. The lowest BCUT2D eigenvalue weighted by atomic mass is 10.4. The highest BCUT2D eigenvalue weighted by Gasteiger charge is 2.22. The van der Waals surface area contributed by atoms with Crippen molar-refractivity contribution in [1.82, 2.24) is 4.90 Å². The van der Waals surface area contributed by atoms with E-state index in [1.165, 1.54) is 7.11 Å². The Balaban J connectivity index is 4.09. The van der Waals surface area contributed by atoms with Crippen LogP contribution in [-0.4, -0.2) is 44.0 Å². The number of ether oxygens (including phenoxy) is 1. The number of rotatable bonds is 6. The maximum Gasteiger partial charge on any atom is 0.315 e. The van der Waals surface area contributed by atoms with Gasteiger partial charge in [0.1, 0.15) is 0 Å². The third-order valence-corrected chi connectivity index (χ3v) is 1.56. The fraction of sp³-hybridized carbons (Fsp3) is 0.750. The van der Waals surface area contributed by atoms with Gasteiger partial charge in [-0.3, -0.25) is 4.79 Å². The third kappa shape index (κ3) is 4.72. The molecule has 1 amide bonds. The minimum atomic E-state index is -3.02. The second kappa shape index (κ2) is 7.21. The molecule has 0 N–H and O–H groups in total. The van der Waals surface area contributed by atoms with E-state index < -0.39 is 12.3 Å². The number of hydrogen-bond donors (Lipinski definition) is 0. The summed E-state index contributed by atoms with van der Waals surface area (Å²) >= 11 is 0. The molecule has 6 heteroatoms. The average Bonchev–Trinajstić information content (AvgIpc) is 2.17. The number of methoxy groups -OCH3 is 1. The van der Waals surface area contributed by atoms with Gasteiger partial charge in [-0.05, 0) is 0 Å². The van der Waals surface area contributed by atoms with Crippen LogP contribution in [0.4, 0.5) is 8.78 Å². The van der Waals surface area contributed by atoms with Crippen molar-refractivity contribution in [2.45, 2.75) is 12.8 Å². The first-order chi connectivity index (χ1) is 6.63. The summed E-state index contributed by atoms with van der Waals surface area (Å²) in [4.78, 5) is 11.8. The molecule has 0 aromatic heterocycles. The van der Waals surface area contributed by atoms with E-state index in [9.17, 15) is 13.6 Å². The fourth-order valence-electron chi connectivity index (χ4n) is 0.857. The molecular weight excluding hydrogens is 194 g/mol. The van der Waals surface area contributed by atoms with Crippen LogP contribution in [0.3, 0.4) is 0 Å². The van der Waals surface area contributed by atoms with Crippen LogP contribution in [0, 0.1) is 11.3 Å². The Morgan fingerprint density at radius 3 is 2.64 bits per heavy atom. The molecule has 0 spiro atoms. The average molecular weight is 206 g/mol. The molecule has 0 bridgehead atoms. The van der Waals surface area contributed by atoms with Crippen LogP contribution < -0.4 is 0 Å². The van der Waals surface area contributed by atoms with Crippen LogP contribution >= 0.6 is 0 Å². The minimum Gasteiger partial charge on any atom is -0.383 e. The van der Waals surface area contributed by atoms with Gasteiger partial charge in [-0.15, -0.1) is 0 Å². The summed E-state index contributed by atoms with van der Waals surface area (Å²) in [5, 5.41) is 8.25. The van der Waals surface area contributed by atoms with E-state index in [0.29, 0.717) is 0 Å². The van der Waals surface area contributed by atoms with Crippen LogP contribution in [0.15, 0.2) is 0 Å². The molecule has 0 fully saturated rings. The molecule has 0 aliphatic heterocycles. The summed E-state index contributed by atoms with van der Waals surface area (Å²) in [5.41, 5.74) is 0. The monoisotopic (exact) mass is 206 g/mol. The van der Waals surface area contributed by atoms with E-state index in [0.717, 1.165) is 4.90 Å². The number of carbonyl (C=O) groups excluding carboxylic acids is 1. The van der Waals surface area contributed by atoms with Gasteiger partial charge in [0.2, 0.25) is 0 Å². The lowest BCUT2D eigenvalue weighted by Crippen LogP contribution is -2.38. The molecule has 14 heavy (non-hydrogen) atoms. The van der Waals surface area contributed by atoms with Crippen LogP contribution in [0.1, 0.15) is 6.42 Å². The maximum atomic E-state index is 12.0. The molecule has 0 aromatic rings. The number of nitriles is 1. The largest absolute Gasteiger partial charge is 0.383 e. The Labute approximate surface area is 81.1 Å². The van der Waals surface area contributed by atoms with E-state index >= 15 is 0 Å². The number of amides is 1. The zero-order valence-corrected chi connectivity index (χ0v) is 7.87. The summed E-state index contributed by atoms with van der Waals surface area (Å²) in [6.45, 7) is 0.286. The second-order valence-electron chi connectivity index (χ2n) is 2.53. The predicted molar refractivity (Wildman–Crippen MR) is 44.7 cm³/mol. The number of hydrogen-bond acceptors (Lipinski definition) is 3. The van der Waals surface area contributed by atoms with E-state index in [1.54, 1.807) is 6.07 Å². The predicted octanol–water partition coefficient (Wildman–Crippen LogP) is 0.640. The molecule has 0 saturated carbocycles. The van der Waals surface area contributed by atoms with Gasteiger partial charge in [-0.25, -0.2) is 0 Å². The first-order valence-electron chi connectivity index (χ1n) is 4.06. The SMILES string of the molecule is COCCN(CCC#N)C(=O)C(F)F. The van der Waals surface area contributed by atoms with Crippen molar-refractivity contribution in [2.75, 3.05) is 26.8 Å². The van der Waals surface area contributed by atoms with Gasteiger partial charge < -0.3 is 9.64 Å². The van der Waals surface area contributed by atoms with E-state index in [2.05, 4.69) is 4.74 Å². The zero-order valence-electron chi connectivity index (χ0n) is 7.87. The molecule has 80 valence electrons. The standard InChI is InChI=1S/C8H12F2N2O2/c1-14-6-5-12(4-2-3-11)8(13)7(9)10/h7H,2,4-6H2,1H3. The van der Waals surface area contributed by atoms with Gasteiger partial charge in [-0.2, -0.15) is 14.0 Å². The van der Waals surface area contributed by atoms with Crippen molar-refractivity contribution in [1.29, 1.82) is 5.26 Å². The van der Waals surface area contributed by atoms with Crippen molar-refractivity contribution in [2.24, 2.45) is 0 Å². The van der Waals surface area contributed by atoms with Crippen molar-refractivity contribution < 1.29 is 18.3 Å². The van der Waals surface area contributed by atoms with Crippen LogP contribution in [-0.2, 0) is 9.53 Å². The number of alkyl halides is 2. The highest BCUT2D eigenvalue weighted by Crippen LogP contribution is 2.01. The molecule has 0 unspecified atom stereocenters. The third-order valence-electron chi connectivity index (χ3n) is 1.56. The van der Waals surface area contributed by atoms with Crippen molar-refractivity contribution in [3.8, 4) is 6.07 Å². The summed E-state index contributed by atoms with van der Waals surface area (Å²) in [7, 11) is 1.41. The Hall–Kier alpha value is -1.22. The Morgan fingerprint density at radius 1 is 1.57 bits per heavy atom. The molecule has 0 radical (unpaired) electrons. The van der Waals surface area contributed by atoms with Gasteiger partial charge in [0, 0.05) is 20.2 Å². The topological polar surface area (TPSA) is 53.3 Å². The van der Waals surface area contributed by atoms with E-state index in [-0.39, 0.29) is 26.1 Å². The Bertz CT molecular complexity index is 216. The highest BCUT2D eigenvalue weighted by molar-refractivity contribution is 5.79. The minimum absolute atomic E-state index is 0.0169. The van der Waals surface area contributed by atoms with Gasteiger partial charge in [0.25, 0.3) is 5.91 Å². The van der Waals surface area contributed by atoms with Gasteiger partial charge in [0.15, 0.2) is 0 Å². The van der Waals surface area contributed by atoms with Gasteiger partial charge in [-0.1, -0.05) is 0 Å². The molecule has 0 saturated heterocycles. The molecular formula is C8H12F2N2O2. The number of carbonyl (C=O) groups is 1. The molecule has 0 rings (SSSR count). The summed E-state index contributed by atoms with van der Waals surface area (Å²) in [6.07, 6.45) is -2.98. The molecule has 4 nitrogen and oxygen atoms in total. The maximum absolute atomic E-state index is 12.0. The fourth-order valence-corrected chi connectivity index (χ4v) is 0.857. The second-order valence-corrected chi connectivity index (χ2v) is 2.53. The lowest BCUT2D eigenvalue weighted by Gasteiger charge is -2.20. The normalized spacial score (nSPS) is 9.93. The molecule has 0 heterocycles. The van der Waals surface area contributed by atoms with Crippen molar-refractivity contribution in [3.05, 3.63) is 0 Å². The number of nitrogens with zero attached hydrogens (tertiary/aromatic N) is 2. The molecule has 0 atom stereocenters. The zero-order chi connectivity index (χ0) is 11.0. The molecule has 0 aliphatic rings. The van der Waals surface area contributed by atoms with Crippen LogP contribution in [0.5, 0.6) is 0 Å². The van der Waals surface area contributed by atoms with Gasteiger partial charge >= 0.3 is 6.43 Å². The van der Waals surface area contributed by atoms with Crippen molar-refractivity contribution >= 4 is 5.91 Å². The Morgan fingerprint density at radius 2 is 2.21 bits per heavy atom. The molecule has 0 aliphatic carbocycles. The summed E-state index contributed by atoms with van der Waals surface area (Å²) in [5.74, 6) is -1.25. The van der Waals surface area contributed by atoms with E-state index in [4.69, 9.17) is 5.26 Å². The first-order valence-corrected chi connectivity index (χ1v) is 4.06. The Kier molecular flexibility index (Phi) is 6.58. The molecule has 0 aromatic carbocycles. The highest BCUT2D eigenvalue weighted by atomic mass is 19.3. The lowest BCUT2D eigenvalue weighted by molar-refractivity contribution is -0.143. The quantitative estimate of drug-likeness (QED) is 0.640.